The molecule has 0 spiro atoms. The molecule has 14 nitrogen and oxygen atoms in total. The number of benzene rings is 2. The molecule has 2 aromatic heterocycles. The van der Waals surface area contributed by atoms with Crippen molar-refractivity contribution in [1.29, 1.82) is 0 Å². The van der Waals surface area contributed by atoms with Crippen molar-refractivity contribution >= 4 is 75.2 Å². The van der Waals surface area contributed by atoms with E-state index in [9.17, 15) is 26.4 Å². The maximum Gasteiger partial charge on any atom is 0.339 e. The Labute approximate surface area is 299 Å². The van der Waals surface area contributed by atoms with Crippen LogP contribution >= 0.6 is 31.9 Å². The summed E-state index contributed by atoms with van der Waals surface area (Å²) >= 11 is 6.57. The van der Waals surface area contributed by atoms with E-state index in [4.69, 9.17) is 18.9 Å². The van der Waals surface area contributed by atoms with Crippen LogP contribution in [0.15, 0.2) is 86.0 Å². The Morgan fingerprint density at radius 1 is 0.714 bits per heavy atom. The van der Waals surface area contributed by atoms with Gasteiger partial charge in [0.2, 0.25) is 0 Å². The lowest BCUT2D eigenvalue weighted by molar-refractivity contribution is 0.0497. The Morgan fingerprint density at radius 3 is 1.82 bits per heavy atom. The highest BCUT2D eigenvalue weighted by molar-refractivity contribution is 9.10. The summed E-state index contributed by atoms with van der Waals surface area (Å²) in [6.45, 7) is 1.85. The average Bonchev–Trinajstić information content (AvgIpc) is 3.06. The number of rotatable bonds is 15. The Morgan fingerprint density at radius 2 is 1.27 bits per heavy atom. The van der Waals surface area contributed by atoms with E-state index in [0.717, 1.165) is 0 Å². The van der Waals surface area contributed by atoms with E-state index in [1.54, 1.807) is 12.1 Å². The Bertz CT molecular complexity index is 2080. The molecule has 4 rings (SSSR count). The number of methoxy groups -OCH3 is 2. The third-order valence-corrected chi connectivity index (χ3v) is 10.2. The molecule has 0 amide bonds. The summed E-state index contributed by atoms with van der Waals surface area (Å²) in [4.78, 5) is 32.7. The quantitative estimate of drug-likeness (QED) is 0.142. The van der Waals surface area contributed by atoms with Gasteiger partial charge in [0.15, 0.2) is 0 Å². The van der Waals surface area contributed by atoms with Gasteiger partial charge in [0.1, 0.15) is 21.3 Å². The van der Waals surface area contributed by atoms with Crippen LogP contribution in [0.4, 0.5) is 11.4 Å². The molecule has 4 aromatic rings. The number of ether oxygens (including phenoxy) is 4. The second-order valence-electron chi connectivity index (χ2n) is 10.0. The van der Waals surface area contributed by atoms with Gasteiger partial charge in [0, 0.05) is 33.3 Å². The first-order valence-electron chi connectivity index (χ1n) is 14.3. The van der Waals surface area contributed by atoms with E-state index >= 15 is 0 Å². The van der Waals surface area contributed by atoms with Crippen molar-refractivity contribution in [3.8, 4) is 11.5 Å². The van der Waals surface area contributed by atoms with Crippen LogP contribution in [0.2, 0.25) is 0 Å². The summed E-state index contributed by atoms with van der Waals surface area (Å²) in [5.41, 5.74) is 0.454. The molecule has 0 aliphatic rings. The number of anilines is 2. The van der Waals surface area contributed by atoms with Gasteiger partial charge in [-0.1, -0.05) is 38.8 Å². The summed E-state index contributed by atoms with van der Waals surface area (Å²) in [5.74, 6) is -1.33. The lowest BCUT2D eigenvalue weighted by Crippen LogP contribution is -2.17. The van der Waals surface area contributed by atoms with Gasteiger partial charge in [0.05, 0.1) is 62.3 Å². The predicted molar refractivity (Wildman–Crippen MR) is 186 cm³/mol. The first kappa shape index (κ1) is 37.6. The number of sulfonamides is 2. The SMILES string of the molecule is CCCOC(=O)c1cncc(NS(=O)(=O)c2cc(Br)cc(CCOC(=O)c3cncc(NS(=O)(=O)c4cc(Br)ccc4OC)c3)c2OC)c1. The average molecular weight is 843 g/mol. The van der Waals surface area contributed by atoms with Crippen molar-refractivity contribution in [3.63, 3.8) is 0 Å². The number of pyridine rings is 2. The van der Waals surface area contributed by atoms with Gasteiger partial charge in [0.25, 0.3) is 20.0 Å². The zero-order valence-electron chi connectivity index (χ0n) is 26.2. The van der Waals surface area contributed by atoms with Crippen LogP contribution in [0.25, 0.3) is 0 Å². The van der Waals surface area contributed by atoms with E-state index < -0.39 is 32.0 Å². The van der Waals surface area contributed by atoms with Crippen LogP contribution in [0.1, 0.15) is 39.6 Å². The van der Waals surface area contributed by atoms with Crippen LogP contribution in [-0.2, 0) is 35.9 Å². The molecule has 0 radical (unpaired) electrons. The van der Waals surface area contributed by atoms with Crippen LogP contribution in [-0.4, -0.2) is 66.2 Å². The molecule has 49 heavy (non-hydrogen) atoms. The molecule has 0 bridgehead atoms. The van der Waals surface area contributed by atoms with Gasteiger partial charge >= 0.3 is 11.9 Å². The van der Waals surface area contributed by atoms with Crippen LogP contribution in [0.3, 0.4) is 0 Å². The smallest absolute Gasteiger partial charge is 0.339 e. The molecule has 0 atom stereocenters. The number of halogens is 2. The fourth-order valence-electron chi connectivity index (χ4n) is 4.35. The zero-order valence-corrected chi connectivity index (χ0v) is 31.0. The second kappa shape index (κ2) is 16.4. The van der Waals surface area contributed by atoms with Crippen LogP contribution < -0.4 is 18.9 Å². The Hall–Kier alpha value is -4.26. The highest BCUT2D eigenvalue weighted by Gasteiger charge is 2.25. The monoisotopic (exact) mass is 840 g/mol. The first-order valence-corrected chi connectivity index (χ1v) is 18.8. The van der Waals surface area contributed by atoms with Crippen LogP contribution in [0, 0.1) is 0 Å². The minimum Gasteiger partial charge on any atom is -0.495 e. The lowest BCUT2D eigenvalue weighted by Gasteiger charge is -2.16. The molecule has 0 unspecified atom stereocenters. The summed E-state index contributed by atoms with van der Waals surface area (Å²) in [7, 11) is -5.76. The molecule has 18 heteroatoms. The van der Waals surface area contributed by atoms with Gasteiger partial charge in [-0.15, -0.1) is 0 Å². The Balaban J connectivity index is 1.47. The predicted octanol–water partition coefficient (Wildman–Crippen LogP) is 5.59. The van der Waals surface area contributed by atoms with Crippen molar-refractivity contribution in [2.75, 3.05) is 36.9 Å². The van der Waals surface area contributed by atoms with E-state index in [1.165, 1.54) is 69.3 Å². The number of carbonyl (C=O) groups excluding carboxylic acids is 2. The number of nitrogens with one attached hydrogen (secondary N) is 2. The molecular formula is C31H30Br2N4O10S2. The molecule has 0 saturated carbocycles. The molecule has 260 valence electrons. The molecule has 0 fully saturated rings. The standard InChI is InChI=1S/C31H30Br2N4O10S2/c1-4-8-46-30(38)20-11-25(18-34-15-20)37-49(42,43)28-14-23(33)10-19(29(28)45-3)7-9-47-31(39)21-12-24(17-35-16-21)36-48(40,41)27-13-22(32)5-6-26(27)44-2/h5-6,10-18,36-37H,4,7-9H2,1-3H3. The number of nitrogens with zero attached hydrogens (tertiary/aromatic N) is 2. The first-order chi connectivity index (χ1) is 23.3. The number of hydrogen-bond donors (Lipinski definition) is 2. The van der Waals surface area contributed by atoms with Gasteiger partial charge < -0.3 is 18.9 Å². The molecule has 0 aliphatic carbocycles. The van der Waals surface area contributed by atoms with E-state index in [2.05, 4.69) is 51.3 Å². The van der Waals surface area contributed by atoms with Gasteiger partial charge in [-0.25, -0.2) is 26.4 Å². The Kier molecular flexibility index (Phi) is 12.6. The largest absolute Gasteiger partial charge is 0.495 e. The van der Waals surface area contributed by atoms with E-state index in [0.29, 0.717) is 20.9 Å². The number of carbonyl (C=O) groups is 2. The van der Waals surface area contributed by atoms with Crippen molar-refractivity contribution in [2.45, 2.75) is 29.6 Å². The van der Waals surface area contributed by atoms with Crippen molar-refractivity contribution in [2.24, 2.45) is 0 Å². The minimum absolute atomic E-state index is 0.000680. The van der Waals surface area contributed by atoms with Crippen LogP contribution in [0.5, 0.6) is 11.5 Å². The fraction of sp³-hybridized carbons (Fsp3) is 0.226. The molecule has 2 heterocycles. The number of hydrogen-bond acceptors (Lipinski definition) is 12. The second-order valence-corrected chi connectivity index (χ2v) is 15.2. The minimum atomic E-state index is -4.27. The third kappa shape index (κ3) is 9.68. The molecule has 2 N–H and O–H groups in total. The summed E-state index contributed by atoms with van der Waals surface area (Å²) in [6.07, 6.45) is 5.61. The van der Waals surface area contributed by atoms with E-state index in [-0.39, 0.29) is 63.4 Å². The molecule has 2 aromatic carbocycles. The number of esters is 2. The maximum atomic E-state index is 13.5. The third-order valence-electron chi connectivity index (χ3n) is 6.50. The van der Waals surface area contributed by atoms with Gasteiger partial charge in [-0.05, 0) is 48.9 Å². The van der Waals surface area contributed by atoms with Gasteiger partial charge in [-0.3, -0.25) is 19.4 Å². The molecule has 0 aliphatic heterocycles. The van der Waals surface area contributed by atoms with Crippen molar-refractivity contribution < 1.29 is 45.4 Å². The highest BCUT2D eigenvalue weighted by Crippen LogP contribution is 2.34. The van der Waals surface area contributed by atoms with E-state index in [1.807, 2.05) is 6.92 Å². The summed E-state index contributed by atoms with van der Waals surface area (Å²) < 4.78 is 79.9. The topological polar surface area (TPSA) is 189 Å². The van der Waals surface area contributed by atoms with Gasteiger partial charge in [-0.2, -0.15) is 0 Å². The zero-order chi connectivity index (χ0) is 35.8. The highest BCUT2D eigenvalue weighted by atomic mass is 79.9. The van der Waals surface area contributed by atoms with Crippen molar-refractivity contribution in [3.05, 3.63) is 92.9 Å². The fourth-order valence-corrected chi connectivity index (χ4v) is 8.02. The van der Waals surface area contributed by atoms with Crippen molar-refractivity contribution in [1.82, 2.24) is 9.97 Å². The summed E-state index contributed by atoms with van der Waals surface area (Å²) in [5, 5.41) is 0. The maximum absolute atomic E-state index is 13.5. The normalized spacial score (nSPS) is 11.4. The lowest BCUT2D eigenvalue weighted by atomic mass is 10.1. The number of aromatic nitrogens is 2. The molecular weight excluding hydrogens is 812 g/mol. The summed E-state index contributed by atoms with van der Waals surface area (Å²) in [6, 6.07) is 10.0. The molecule has 0 saturated heterocycles.